The zero-order valence-electron chi connectivity index (χ0n) is 14.9. The summed E-state index contributed by atoms with van der Waals surface area (Å²) >= 11 is 12.6. The van der Waals surface area contributed by atoms with E-state index in [0.717, 1.165) is 0 Å². The van der Waals surface area contributed by atoms with Gasteiger partial charge in [0.1, 0.15) is 4.90 Å². The third kappa shape index (κ3) is 4.82. The van der Waals surface area contributed by atoms with Gasteiger partial charge in [0, 0.05) is 31.3 Å². The Morgan fingerprint density at radius 3 is 2.54 bits per heavy atom. The fourth-order valence-electron chi connectivity index (χ4n) is 2.68. The van der Waals surface area contributed by atoms with Crippen molar-refractivity contribution in [1.29, 1.82) is 0 Å². The molecule has 7 nitrogen and oxygen atoms in total. The molecule has 0 aliphatic carbocycles. The molecule has 2 heterocycles. The summed E-state index contributed by atoms with van der Waals surface area (Å²) in [5, 5.41) is 8.79. The molecule has 0 bridgehead atoms. The Balaban J connectivity index is 1.91. The number of aryl methyl sites for hydroxylation is 1. The molecule has 1 aliphatic rings. The van der Waals surface area contributed by atoms with Crippen molar-refractivity contribution < 1.29 is 23.1 Å². The highest BCUT2D eigenvalue weighted by Gasteiger charge is 2.33. The standard InChI is InChI=1S/C18H18Cl2N2O5S/c1-22(9-13-10-27-13)28(25,26)18-14(19)7-11(8-15(18)20)16-4-2-3-12(21-16)5-6-17(23)24/h2-4,7-8,13H,5-6,9-10H2,1H3,(H,23,24). The first-order chi connectivity index (χ1) is 13.2. The maximum atomic E-state index is 12.8. The van der Waals surface area contributed by atoms with Gasteiger partial charge in [0.2, 0.25) is 10.0 Å². The lowest BCUT2D eigenvalue weighted by molar-refractivity contribution is -0.136. The Labute approximate surface area is 172 Å². The van der Waals surface area contributed by atoms with Crippen LogP contribution in [-0.4, -0.2) is 55.1 Å². The summed E-state index contributed by atoms with van der Waals surface area (Å²) in [7, 11) is -2.43. The molecule has 1 N–H and O–H groups in total. The van der Waals surface area contributed by atoms with Crippen LogP contribution in [0.2, 0.25) is 10.0 Å². The van der Waals surface area contributed by atoms with Crippen LogP contribution in [0, 0.1) is 0 Å². The minimum absolute atomic E-state index is 0.0104. The Morgan fingerprint density at radius 1 is 1.32 bits per heavy atom. The van der Waals surface area contributed by atoms with E-state index >= 15 is 0 Å². The molecule has 1 aromatic heterocycles. The van der Waals surface area contributed by atoms with Gasteiger partial charge in [-0.25, -0.2) is 8.42 Å². The number of nitrogens with zero attached hydrogens (tertiary/aromatic N) is 2. The number of likely N-dealkylation sites (N-methyl/N-ethyl adjacent to an activating group) is 1. The lowest BCUT2D eigenvalue weighted by Gasteiger charge is -2.18. The summed E-state index contributed by atoms with van der Waals surface area (Å²) in [6, 6.07) is 8.17. The number of carbonyl (C=O) groups is 1. The van der Waals surface area contributed by atoms with Crippen LogP contribution in [0.15, 0.2) is 35.2 Å². The molecule has 0 spiro atoms. The van der Waals surface area contributed by atoms with E-state index < -0.39 is 16.0 Å². The van der Waals surface area contributed by atoms with Crippen LogP contribution in [0.25, 0.3) is 11.3 Å². The Bertz CT molecular complexity index is 986. The summed E-state index contributed by atoms with van der Waals surface area (Å²) in [5.74, 6) is -0.909. The Hall–Kier alpha value is -1.71. The molecule has 0 radical (unpaired) electrons. The summed E-state index contributed by atoms with van der Waals surface area (Å²) in [6.07, 6.45) is 0.145. The van der Waals surface area contributed by atoms with Crippen molar-refractivity contribution in [3.05, 3.63) is 46.1 Å². The van der Waals surface area contributed by atoms with E-state index in [1.54, 1.807) is 18.2 Å². The maximum absolute atomic E-state index is 12.8. The molecule has 3 rings (SSSR count). The first-order valence-electron chi connectivity index (χ1n) is 8.43. The molecular weight excluding hydrogens is 427 g/mol. The van der Waals surface area contributed by atoms with Crippen LogP contribution >= 0.6 is 23.2 Å². The van der Waals surface area contributed by atoms with Crippen molar-refractivity contribution in [3.63, 3.8) is 0 Å². The van der Waals surface area contributed by atoms with Gasteiger partial charge in [-0.3, -0.25) is 9.78 Å². The summed E-state index contributed by atoms with van der Waals surface area (Å²) in [5.41, 5.74) is 1.67. The van der Waals surface area contributed by atoms with Crippen molar-refractivity contribution in [1.82, 2.24) is 9.29 Å². The average Bonchev–Trinajstić information content (AvgIpc) is 3.43. The predicted molar refractivity (Wildman–Crippen MR) is 105 cm³/mol. The van der Waals surface area contributed by atoms with Gasteiger partial charge in [0.15, 0.2) is 0 Å². The number of pyridine rings is 1. The molecule has 1 saturated heterocycles. The van der Waals surface area contributed by atoms with E-state index in [0.29, 0.717) is 23.6 Å². The number of carboxylic acid groups (broad SMARTS) is 1. The first-order valence-corrected chi connectivity index (χ1v) is 10.6. The number of rotatable bonds is 8. The first kappa shape index (κ1) is 21.0. The molecule has 1 aliphatic heterocycles. The van der Waals surface area contributed by atoms with Crippen LogP contribution in [-0.2, 0) is 26.0 Å². The zero-order valence-corrected chi connectivity index (χ0v) is 17.3. The number of aliphatic carboxylic acids is 1. The molecule has 28 heavy (non-hydrogen) atoms. The molecule has 10 heteroatoms. The number of carboxylic acids is 1. The van der Waals surface area contributed by atoms with Gasteiger partial charge in [-0.2, -0.15) is 4.31 Å². The fraction of sp³-hybridized carbons (Fsp3) is 0.333. The topological polar surface area (TPSA) is 100 Å². The number of hydrogen-bond donors (Lipinski definition) is 1. The van der Waals surface area contributed by atoms with Gasteiger partial charge in [-0.15, -0.1) is 0 Å². The van der Waals surface area contributed by atoms with E-state index in [2.05, 4.69) is 4.98 Å². The van der Waals surface area contributed by atoms with Gasteiger partial charge < -0.3 is 9.84 Å². The highest BCUT2D eigenvalue weighted by atomic mass is 35.5. The minimum Gasteiger partial charge on any atom is -0.481 e. The predicted octanol–water partition coefficient (Wildman–Crippen LogP) is 3.09. The van der Waals surface area contributed by atoms with E-state index in [1.165, 1.54) is 23.5 Å². The highest BCUT2D eigenvalue weighted by Crippen LogP contribution is 2.36. The monoisotopic (exact) mass is 444 g/mol. The molecule has 2 aromatic rings. The molecule has 1 atom stereocenters. The number of aromatic nitrogens is 1. The lowest BCUT2D eigenvalue weighted by atomic mass is 10.1. The normalized spacial score (nSPS) is 16.4. The fourth-order valence-corrected chi connectivity index (χ4v) is 5.04. The quantitative estimate of drug-likeness (QED) is 0.627. The minimum atomic E-state index is -3.88. The maximum Gasteiger partial charge on any atom is 0.303 e. The second-order valence-corrected chi connectivity index (χ2v) is 9.21. The number of sulfonamides is 1. The van der Waals surface area contributed by atoms with Crippen molar-refractivity contribution in [2.75, 3.05) is 20.2 Å². The Kier molecular flexibility index (Phi) is 6.26. The molecule has 0 amide bonds. The SMILES string of the molecule is CN(CC1CO1)S(=O)(=O)c1c(Cl)cc(-c2cccc(CCC(=O)O)n2)cc1Cl. The number of hydrogen-bond acceptors (Lipinski definition) is 5. The van der Waals surface area contributed by atoms with Crippen LogP contribution in [0.3, 0.4) is 0 Å². The summed E-state index contributed by atoms with van der Waals surface area (Å²) in [4.78, 5) is 15.0. The van der Waals surface area contributed by atoms with Crippen molar-refractivity contribution in [2.24, 2.45) is 0 Å². The van der Waals surface area contributed by atoms with Gasteiger partial charge in [0.25, 0.3) is 0 Å². The van der Waals surface area contributed by atoms with Crippen molar-refractivity contribution in [3.8, 4) is 11.3 Å². The van der Waals surface area contributed by atoms with Crippen molar-refractivity contribution in [2.45, 2.75) is 23.8 Å². The molecule has 150 valence electrons. The zero-order chi connectivity index (χ0) is 20.5. The average molecular weight is 445 g/mol. The number of epoxide rings is 1. The van der Waals surface area contributed by atoms with Gasteiger partial charge in [-0.1, -0.05) is 29.3 Å². The summed E-state index contributed by atoms with van der Waals surface area (Å²) in [6.45, 7) is 0.758. The number of ether oxygens (including phenoxy) is 1. The van der Waals surface area contributed by atoms with Gasteiger partial charge in [-0.05, 0) is 24.3 Å². The molecule has 1 unspecified atom stereocenters. The van der Waals surface area contributed by atoms with Crippen LogP contribution in [0.1, 0.15) is 12.1 Å². The molecular formula is C18H18Cl2N2O5S. The van der Waals surface area contributed by atoms with E-state index in [-0.39, 0.29) is 40.4 Å². The number of halogens is 2. The van der Waals surface area contributed by atoms with Crippen LogP contribution in [0.5, 0.6) is 0 Å². The molecule has 1 fully saturated rings. The van der Waals surface area contributed by atoms with Crippen LogP contribution in [0.4, 0.5) is 0 Å². The van der Waals surface area contributed by atoms with Crippen molar-refractivity contribution >= 4 is 39.2 Å². The highest BCUT2D eigenvalue weighted by molar-refractivity contribution is 7.89. The smallest absolute Gasteiger partial charge is 0.303 e. The molecule has 0 saturated carbocycles. The lowest BCUT2D eigenvalue weighted by Crippen LogP contribution is -2.31. The number of benzene rings is 1. The Morgan fingerprint density at radius 2 is 1.96 bits per heavy atom. The third-order valence-corrected chi connectivity index (χ3v) is 6.97. The van der Waals surface area contributed by atoms with E-state index in [9.17, 15) is 13.2 Å². The van der Waals surface area contributed by atoms with Gasteiger partial charge in [0.05, 0.1) is 34.9 Å². The second kappa shape index (κ2) is 8.34. The summed E-state index contributed by atoms with van der Waals surface area (Å²) < 4.78 is 31.9. The third-order valence-electron chi connectivity index (χ3n) is 4.23. The van der Waals surface area contributed by atoms with Gasteiger partial charge >= 0.3 is 5.97 Å². The van der Waals surface area contributed by atoms with Crippen LogP contribution < -0.4 is 0 Å². The van der Waals surface area contributed by atoms with E-state index in [4.69, 9.17) is 33.0 Å². The molecule has 1 aromatic carbocycles. The second-order valence-electron chi connectivity index (χ2n) is 6.42. The largest absolute Gasteiger partial charge is 0.481 e. The van der Waals surface area contributed by atoms with E-state index in [1.807, 2.05) is 0 Å².